The SMILES string of the molecule is CCC(N)C(=O)NCC(C)(C)CCO. The van der Waals surface area contributed by atoms with Crippen molar-refractivity contribution in [3.63, 3.8) is 0 Å². The van der Waals surface area contributed by atoms with E-state index in [2.05, 4.69) is 5.32 Å². The van der Waals surface area contributed by atoms with Gasteiger partial charge in [-0.05, 0) is 18.3 Å². The highest BCUT2D eigenvalue weighted by molar-refractivity contribution is 5.81. The van der Waals surface area contributed by atoms with E-state index >= 15 is 0 Å². The molecule has 0 aliphatic heterocycles. The fourth-order valence-corrected chi connectivity index (χ4v) is 1.03. The molecule has 0 radical (unpaired) electrons. The molecule has 4 nitrogen and oxygen atoms in total. The van der Waals surface area contributed by atoms with Crippen LogP contribution in [0.3, 0.4) is 0 Å². The number of aliphatic hydroxyl groups excluding tert-OH is 1. The highest BCUT2D eigenvalue weighted by atomic mass is 16.3. The van der Waals surface area contributed by atoms with Crippen molar-refractivity contribution < 1.29 is 9.90 Å². The summed E-state index contributed by atoms with van der Waals surface area (Å²) in [5.74, 6) is -0.112. The second-order valence-corrected chi connectivity index (χ2v) is 4.37. The maximum absolute atomic E-state index is 11.3. The van der Waals surface area contributed by atoms with Gasteiger partial charge < -0.3 is 16.2 Å². The van der Waals surface area contributed by atoms with Gasteiger partial charge in [0.2, 0.25) is 5.91 Å². The summed E-state index contributed by atoms with van der Waals surface area (Å²) in [7, 11) is 0. The summed E-state index contributed by atoms with van der Waals surface area (Å²) in [6, 6.07) is -0.417. The number of nitrogens with one attached hydrogen (secondary N) is 1. The molecule has 0 rings (SSSR count). The number of hydrogen-bond acceptors (Lipinski definition) is 3. The molecule has 1 amide bonds. The van der Waals surface area contributed by atoms with Crippen molar-refractivity contribution in [2.45, 2.75) is 39.7 Å². The first kappa shape index (κ1) is 13.4. The summed E-state index contributed by atoms with van der Waals surface area (Å²) < 4.78 is 0. The molecule has 0 aliphatic rings. The largest absolute Gasteiger partial charge is 0.396 e. The molecule has 0 aromatic rings. The first-order chi connectivity index (χ1) is 6.43. The lowest BCUT2D eigenvalue weighted by Crippen LogP contribution is -2.43. The minimum absolute atomic E-state index is 0.0716. The second-order valence-electron chi connectivity index (χ2n) is 4.37. The molecule has 14 heavy (non-hydrogen) atoms. The summed E-state index contributed by atoms with van der Waals surface area (Å²) in [4.78, 5) is 11.3. The molecule has 4 heteroatoms. The summed E-state index contributed by atoms with van der Waals surface area (Å²) >= 11 is 0. The summed E-state index contributed by atoms with van der Waals surface area (Å²) in [6.07, 6.45) is 1.32. The Hall–Kier alpha value is -0.610. The van der Waals surface area contributed by atoms with Gasteiger partial charge in [-0.3, -0.25) is 4.79 Å². The minimum Gasteiger partial charge on any atom is -0.396 e. The van der Waals surface area contributed by atoms with Crippen molar-refractivity contribution in [3.8, 4) is 0 Å². The topological polar surface area (TPSA) is 75.4 Å². The smallest absolute Gasteiger partial charge is 0.236 e. The Morgan fingerprint density at radius 2 is 2.14 bits per heavy atom. The van der Waals surface area contributed by atoms with Gasteiger partial charge in [-0.1, -0.05) is 20.8 Å². The maximum Gasteiger partial charge on any atom is 0.236 e. The third kappa shape index (κ3) is 5.19. The average Bonchev–Trinajstić information content (AvgIpc) is 2.13. The van der Waals surface area contributed by atoms with Gasteiger partial charge in [0.25, 0.3) is 0 Å². The molecule has 0 aromatic carbocycles. The number of carbonyl (C=O) groups excluding carboxylic acids is 1. The average molecular weight is 202 g/mol. The number of carbonyl (C=O) groups is 1. The van der Waals surface area contributed by atoms with E-state index in [1.165, 1.54) is 0 Å². The zero-order valence-electron chi connectivity index (χ0n) is 9.34. The minimum atomic E-state index is -0.417. The molecule has 1 unspecified atom stereocenters. The van der Waals surface area contributed by atoms with Crippen molar-refractivity contribution >= 4 is 5.91 Å². The maximum atomic E-state index is 11.3. The van der Waals surface area contributed by atoms with Gasteiger partial charge in [-0.25, -0.2) is 0 Å². The first-order valence-electron chi connectivity index (χ1n) is 5.07. The van der Waals surface area contributed by atoms with Crippen molar-refractivity contribution in [1.82, 2.24) is 5.32 Å². The normalized spacial score (nSPS) is 13.8. The molecule has 4 N–H and O–H groups in total. The molecule has 0 aliphatic carbocycles. The van der Waals surface area contributed by atoms with Crippen LogP contribution in [-0.4, -0.2) is 30.2 Å². The fraction of sp³-hybridized carbons (Fsp3) is 0.900. The van der Waals surface area contributed by atoms with Crippen LogP contribution >= 0.6 is 0 Å². The van der Waals surface area contributed by atoms with E-state index < -0.39 is 6.04 Å². The van der Waals surface area contributed by atoms with E-state index in [4.69, 9.17) is 10.8 Å². The molecule has 0 heterocycles. The van der Waals surface area contributed by atoms with Gasteiger partial charge in [-0.2, -0.15) is 0 Å². The summed E-state index contributed by atoms with van der Waals surface area (Å²) in [5, 5.41) is 11.6. The van der Waals surface area contributed by atoms with E-state index in [0.29, 0.717) is 19.4 Å². The number of hydrogen-bond donors (Lipinski definition) is 3. The first-order valence-corrected chi connectivity index (χ1v) is 5.07. The zero-order chi connectivity index (χ0) is 11.2. The molecule has 0 spiro atoms. The van der Waals surface area contributed by atoms with E-state index in [1.807, 2.05) is 20.8 Å². The van der Waals surface area contributed by atoms with E-state index in [9.17, 15) is 4.79 Å². The van der Waals surface area contributed by atoms with Gasteiger partial charge in [0.15, 0.2) is 0 Å². The van der Waals surface area contributed by atoms with Gasteiger partial charge in [0.1, 0.15) is 0 Å². The predicted molar refractivity (Wildman–Crippen MR) is 56.8 cm³/mol. The van der Waals surface area contributed by atoms with Crippen LogP contribution in [0.15, 0.2) is 0 Å². The Bertz CT molecular complexity index is 181. The molecule has 1 atom stereocenters. The highest BCUT2D eigenvalue weighted by Gasteiger charge is 2.19. The quantitative estimate of drug-likeness (QED) is 0.578. The lowest BCUT2D eigenvalue weighted by molar-refractivity contribution is -0.122. The Balaban J connectivity index is 3.87. The number of rotatable bonds is 6. The van der Waals surface area contributed by atoms with Crippen LogP contribution in [0, 0.1) is 5.41 Å². The van der Waals surface area contributed by atoms with Gasteiger partial charge >= 0.3 is 0 Å². The van der Waals surface area contributed by atoms with E-state index in [-0.39, 0.29) is 17.9 Å². The van der Waals surface area contributed by atoms with Crippen molar-refractivity contribution in [2.75, 3.05) is 13.2 Å². The van der Waals surface area contributed by atoms with Crippen LogP contribution in [0.2, 0.25) is 0 Å². The number of nitrogens with two attached hydrogens (primary N) is 1. The summed E-state index contributed by atoms with van der Waals surface area (Å²) in [6.45, 7) is 6.58. The standard InChI is InChI=1S/C10H22N2O2/c1-4-8(11)9(14)12-7-10(2,3)5-6-13/h8,13H,4-7,11H2,1-3H3,(H,12,14). The summed E-state index contributed by atoms with van der Waals surface area (Å²) in [5.41, 5.74) is 5.49. The van der Waals surface area contributed by atoms with E-state index in [1.54, 1.807) is 0 Å². The molecule has 0 saturated carbocycles. The lowest BCUT2D eigenvalue weighted by atomic mass is 9.89. The number of aliphatic hydroxyl groups is 1. The predicted octanol–water partition coefficient (Wildman–Crippen LogP) is 0.248. The highest BCUT2D eigenvalue weighted by Crippen LogP contribution is 2.17. The van der Waals surface area contributed by atoms with Crippen LogP contribution in [-0.2, 0) is 4.79 Å². The van der Waals surface area contributed by atoms with Crippen LogP contribution in [0.4, 0.5) is 0 Å². The fourth-order valence-electron chi connectivity index (χ4n) is 1.03. The number of amides is 1. The van der Waals surface area contributed by atoms with Gasteiger partial charge in [0.05, 0.1) is 6.04 Å². The van der Waals surface area contributed by atoms with Crippen molar-refractivity contribution in [3.05, 3.63) is 0 Å². The van der Waals surface area contributed by atoms with Crippen LogP contribution in [0.5, 0.6) is 0 Å². The lowest BCUT2D eigenvalue weighted by Gasteiger charge is -2.24. The molecule has 0 aromatic heterocycles. The third-order valence-electron chi connectivity index (χ3n) is 2.31. The Kier molecular flexibility index (Phi) is 5.72. The molecule has 0 fully saturated rings. The second kappa shape index (κ2) is 5.98. The molecular formula is C10H22N2O2. The Labute approximate surface area is 85.9 Å². The zero-order valence-corrected chi connectivity index (χ0v) is 9.34. The van der Waals surface area contributed by atoms with Crippen LogP contribution in [0.1, 0.15) is 33.6 Å². The van der Waals surface area contributed by atoms with Crippen LogP contribution in [0.25, 0.3) is 0 Å². The Morgan fingerprint density at radius 3 is 2.57 bits per heavy atom. The van der Waals surface area contributed by atoms with Crippen LogP contribution < -0.4 is 11.1 Å². The van der Waals surface area contributed by atoms with Crippen molar-refractivity contribution in [1.29, 1.82) is 0 Å². The monoisotopic (exact) mass is 202 g/mol. The van der Waals surface area contributed by atoms with Gasteiger partial charge in [0, 0.05) is 13.2 Å². The molecule has 0 bridgehead atoms. The molecule has 84 valence electrons. The van der Waals surface area contributed by atoms with Gasteiger partial charge in [-0.15, -0.1) is 0 Å². The third-order valence-corrected chi connectivity index (χ3v) is 2.31. The molecule has 0 saturated heterocycles. The molecular weight excluding hydrogens is 180 g/mol. The van der Waals surface area contributed by atoms with Crippen molar-refractivity contribution in [2.24, 2.45) is 11.1 Å². The van der Waals surface area contributed by atoms with E-state index in [0.717, 1.165) is 0 Å². The Morgan fingerprint density at radius 1 is 1.57 bits per heavy atom.